The first-order chi connectivity index (χ1) is 41.0. The largest absolute Gasteiger partial charge is 0.497 e. The molecule has 3 aromatic heterocycles. The summed E-state index contributed by atoms with van der Waals surface area (Å²) in [5.41, 5.74) is 6.35. The van der Waals surface area contributed by atoms with Gasteiger partial charge in [-0.05, 0) is 196 Å². The number of nitrogens with zero attached hydrogens (tertiary/aromatic N) is 6. The molecule has 9 heterocycles. The molecule has 10 atom stereocenters. The molecule has 0 amide bonds. The quantitative estimate of drug-likeness (QED) is 0.0402. The van der Waals surface area contributed by atoms with E-state index in [0.717, 1.165) is 131 Å². The molecule has 440 valence electrons. The van der Waals surface area contributed by atoms with Gasteiger partial charge < -0.3 is 28.8 Å². The Hall–Kier alpha value is -5.48. The molecule has 7 aromatic rings. The second kappa shape index (κ2) is 29.6. The van der Waals surface area contributed by atoms with Crippen LogP contribution in [0.2, 0.25) is 0 Å². The Morgan fingerprint density at radius 2 is 1.27 bits per heavy atom. The van der Waals surface area contributed by atoms with Gasteiger partial charge in [0, 0.05) is 60.1 Å². The summed E-state index contributed by atoms with van der Waals surface area (Å²) in [5, 5.41) is 23.2. The number of ether oxygens (including phenoxy) is 5. The maximum atomic E-state index is 9.24. The highest BCUT2D eigenvalue weighted by Crippen LogP contribution is 2.48. The molecule has 4 aromatic carbocycles. The number of benzene rings is 4. The highest BCUT2D eigenvalue weighted by molar-refractivity contribution is 7.99. The molecule has 6 fully saturated rings. The molecular weight excluding hydrogens is 1070 g/mol. The van der Waals surface area contributed by atoms with E-state index in [-0.39, 0.29) is 24.3 Å². The van der Waals surface area contributed by atoms with Gasteiger partial charge in [-0.3, -0.25) is 19.8 Å². The Morgan fingerprint density at radius 3 is 1.87 bits per heavy atom. The monoisotopic (exact) mass is 1160 g/mol. The Kier molecular flexibility index (Phi) is 21.1. The van der Waals surface area contributed by atoms with Crippen molar-refractivity contribution >= 4 is 62.2 Å². The van der Waals surface area contributed by atoms with Gasteiger partial charge in [-0.15, -0.1) is 10.2 Å². The van der Waals surface area contributed by atoms with Crippen molar-refractivity contribution in [2.24, 2.45) is 17.8 Å². The number of aliphatic hydroxyl groups excluding tert-OH is 1. The molecule has 0 aliphatic carbocycles. The van der Waals surface area contributed by atoms with Crippen molar-refractivity contribution in [3.05, 3.63) is 138 Å². The van der Waals surface area contributed by atoms with Crippen LogP contribution >= 0.6 is 23.5 Å². The topological polar surface area (TPSA) is 124 Å². The van der Waals surface area contributed by atoms with Crippen molar-refractivity contribution in [2.75, 3.05) is 70.1 Å². The maximum Gasteiger partial charge on any atom is 0.242 e. The van der Waals surface area contributed by atoms with Crippen molar-refractivity contribution in [1.29, 1.82) is 0 Å². The van der Waals surface area contributed by atoms with Crippen LogP contribution in [0.25, 0.3) is 38.7 Å². The zero-order valence-corrected chi connectivity index (χ0v) is 50.6. The number of aliphatic hydroxyl groups is 1. The van der Waals surface area contributed by atoms with E-state index in [4.69, 9.17) is 43.8 Å². The van der Waals surface area contributed by atoms with Crippen molar-refractivity contribution in [2.45, 2.75) is 133 Å². The van der Waals surface area contributed by atoms with E-state index >= 15 is 0 Å². The summed E-state index contributed by atoms with van der Waals surface area (Å²) in [4.78, 5) is 15.2. The van der Waals surface area contributed by atoms with Gasteiger partial charge in [0.05, 0.1) is 54.7 Å². The standard InChI is InChI=1S/C69H86N6O6S2/c1-4-48-17-19-49(20-18-48)47-79-36-12-6-8-14-37-82-39-29-52-46-74-33-28-51(52)43-64(74)66(56-25-31-70-62-23-21-54(77-2)44-60(56)62)80-68-58-15-9-10-16-59(58)69(73-72-68)81-67(57-26-32-71-63-24-22-55(78-3)45-61(57)63)65-42-50-27-34-75(65)53(41-50)30-40-83-38-13-7-5-11-35-76/h4,9-10,15-26,31-32,44-45,50-53,64-67,76H,1,5-8,11-14,27-30,33-43,46-47H2,2-3H3/t50-,51-,52?,53+,64-,65?,66+,67+/m1/s1. The predicted molar refractivity (Wildman–Crippen MR) is 340 cm³/mol. The third kappa shape index (κ3) is 14.6. The van der Waals surface area contributed by atoms with Crippen LogP contribution in [0.3, 0.4) is 0 Å². The smallest absolute Gasteiger partial charge is 0.242 e. The predicted octanol–water partition coefficient (Wildman–Crippen LogP) is 14.8. The van der Waals surface area contributed by atoms with Crippen LogP contribution in [0.15, 0.2) is 116 Å². The Balaban J connectivity index is 0.802. The lowest BCUT2D eigenvalue weighted by atomic mass is 9.72. The highest BCUT2D eigenvalue weighted by atomic mass is 32.2. The number of aromatic nitrogens is 4. The summed E-state index contributed by atoms with van der Waals surface area (Å²) in [6, 6.07) is 34.2. The first-order valence-electron chi connectivity index (χ1n) is 31.0. The average Bonchev–Trinajstić information content (AvgIpc) is 3.73. The molecule has 6 aliphatic heterocycles. The highest BCUT2D eigenvalue weighted by Gasteiger charge is 2.47. The summed E-state index contributed by atoms with van der Waals surface area (Å²) < 4.78 is 32.6. The van der Waals surface area contributed by atoms with Crippen LogP contribution in [-0.4, -0.2) is 123 Å². The van der Waals surface area contributed by atoms with Gasteiger partial charge in [0.25, 0.3) is 0 Å². The van der Waals surface area contributed by atoms with Gasteiger partial charge in [-0.2, -0.15) is 23.5 Å². The second-order valence-corrected chi connectivity index (χ2v) is 26.0. The normalized spacial score (nSPS) is 22.7. The van der Waals surface area contributed by atoms with Gasteiger partial charge in [0.2, 0.25) is 11.8 Å². The van der Waals surface area contributed by atoms with Crippen LogP contribution in [0.4, 0.5) is 0 Å². The Bertz CT molecular complexity index is 3210. The Morgan fingerprint density at radius 1 is 0.639 bits per heavy atom. The van der Waals surface area contributed by atoms with E-state index in [0.29, 0.717) is 48.8 Å². The summed E-state index contributed by atoms with van der Waals surface area (Å²) in [6.45, 7) is 8.81. The van der Waals surface area contributed by atoms with Crippen LogP contribution in [0.5, 0.6) is 23.3 Å². The summed E-state index contributed by atoms with van der Waals surface area (Å²) in [5.74, 6) is 9.26. The fourth-order valence-electron chi connectivity index (χ4n) is 13.9. The van der Waals surface area contributed by atoms with Crippen LogP contribution in [-0.2, 0) is 11.3 Å². The van der Waals surface area contributed by atoms with E-state index in [1.54, 1.807) is 14.2 Å². The minimum absolute atomic E-state index is 0.128. The van der Waals surface area contributed by atoms with Gasteiger partial charge in [0.1, 0.15) is 23.7 Å². The molecular formula is C69H86N6O6S2. The molecule has 0 saturated carbocycles. The lowest BCUT2D eigenvalue weighted by molar-refractivity contribution is -0.0545. The molecule has 1 N–H and O–H groups in total. The van der Waals surface area contributed by atoms with E-state index in [2.05, 4.69) is 125 Å². The van der Waals surface area contributed by atoms with Crippen molar-refractivity contribution < 1.29 is 28.8 Å². The first kappa shape index (κ1) is 59.3. The number of hydrogen-bond acceptors (Lipinski definition) is 14. The fourth-order valence-corrected chi connectivity index (χ4v) is 16.1. The number of hydrogen-bond donors (Lipinski definition) is 1. The van der Waals surface area contributed by atoms with E-state index in [9.17, 15) is 5.11 Å². The second-order valence-electron chi connectivity index (χ2n) is 23.5. The number of methoxy groups -OCH3 is 2. The minimum atomic E-state index is -0.349. The minimum Gasteiger partial charge on any atom is -0.497 e. The molecule has 13 rings (SSSR count). The molecule has 14 heteroatoms. The average molecular weight is 1160 g/mol. The van der Waals surface area contributed by atoms with Crippen molar-refractivity contribution in [3.63, 3.8) is 0 Å². The lowest BCUT2D eigenvalue weighted by Gasteiger charge is -2.53. The van der Waals surface area contributed by atoms with E-state index in [1.807, 2.05) is 30.6 Å². The number of rotatable bonds is 32. The van der Waals surface area contributed by atoms with E-state index in [1.165, 1.54) is 80.6 Å². The molecule has 12 nitrogen and oxygen atoms in total. The van der Waals surface area contributed by atoms with Gasteiger partial charge in [-0.1, -0.05) is 74.7 Å². The third-order valence-corrected chi connectivity index (χ3v) is 20.6. The molecule has 4 bridgehead atoms. The number of thioether (sulfide) groups is 2. The maximum absolute atomic E-state index is 9.24. The molecule has 6 aliphatic rings. The van der Waals surface area contributed by atoms with Crippen molar-refractivity contribution in [1.82, 2.24) is 30.0 Å². The molecule has 0 radical (unpaired) electrons. The zero-order valence-electron chi connectivity index (χ0n) is 49.0. The summed E-state index contributed by atoms with van der Waals surface area (Å²) >= 11 is 4.22. The molecule has 0 spiro atoms. The Labute approximate surface area is 500 Å². The SMILES string of the molecule is C=Cc1ccc(COCCCCCCSCCC2CN3CC[C@@H]2C[C@@H]3[C@@H](Oc2nnc(O[C@@H](c3ccnc4ccc(OC)cc34)C3C[C@@H]4CCN3[C@@H](CCSCCCCCCO)C4)c3ccccc23)c2ccnc3ccc(OC)cc23)cc1. The first-order valence-corrected chi connectivity index (χ1v) is 33.3. The van der Waals surface area contributed by atoms with E-state index < -0.39 is 0 Å². The van der Waals surface area contributed by atoms with Gasteiger partial charge in [-0.25, -0.2) is 0 Å². The summed E-state index contributed by atoms with van der Waals surface area (Å²) in [6.07, 6.45) is 22.5. The molecule has 83 heavy (non-hydrogen) atoms. The number of unbranched alkanes of at least 4 members (excludes halogenated alkanes) is 6. The molecule has 4 unspecified atom stereocenters. The number of fused-ring (bicyclic) bond motifs is 9. The van der Waals surface area contributed by atoms with Crippen LogP contribution in [0, 0.1) is 17.8 Å². The van der Waals surface area contributed by atoms with Crippen LogP contribution in [0.1, 0.15) is 131 Å². The molecule has 6 saturated heterocycles. The summed E-state index contributed by atoms with van der Waals surface area (Å²) in [7, 11) is 3.45. The zero-order chi connectivity index (χ0) is 56.7. The van der Waals surface area contributed by atoms with Gasteiger partial charge >= 0.3 is 0 Å². The van der Waals surface area contributed by atoms with Crippen molar-refractivity contribution in [3.8, 4) is 23.3 Å². The fraction of sp³-hybridized carbons (Fsp3) is 0.507. The van der Waals surface area contributed by atoms with Gasteiger partial charge in [0.15, 0.2) is 0 Å². The lowest BCUT2D eigenvalue weighted by Crippen LogP contribution is -2.57. The van der Waals surface area contributed by atoms with Crippen LogP contribution < -0.4 is 18.9 Å². The number of piperidine rings is 6. The third-order valence-electron chi connectivity index (χ3n) is 18.4. The number of pyridine rings is 2.